The molecule has 0 aliphatic carbocycles. The van der Waals surface area contributed by atoms with Crippen molar-refractivity contribution in [1.29, 1.82) is 0 Å². The second-order valence-corrected chi connectivity index (χ2v) is 6.01. The van der Waals surface area contributed by atoms with E-state index in [2.05, 4.69) is 26.1 Å². The third-order valence-corrected chi connectivity index (χ3v) is 3.77. The molecule has 2 unspecified atom stereocenters. The maximum Gasteiger partial charge on any atom is 0.245 e. The van der Waals surface area contributed by atoms with Gasteiger partial charge in [0, 0.05) is 19.0 Å². The fourth-order valence-corrected chi connectivity index (χ4v) is 2.51. The van der Waals surface area contributed by atoms with Gasteiger partial charge in [0.2, 0.25) is 11.8 Å². The van der Waals surface area contributed by atoms with Crippen LogP contribution in [0.5, 0.6) is 0 Å². The van der Waals surface area contributed by atoms with Crippen LogP contribution in [0, 0.1) is 5.92 Å². The van der Waals surface area contributed by atoms with Gasteiger partial charge in [-0.3, -0.25) is 9.59 Å². The van der Waals surface area contributed by atoms with E-state index in [4.69, 9.17) is 0 Å². The minimum absolute atomic E-state index is 0.00496. The molecule has 4 heteroatoms. The lowest BCUT2D eigenvalue weighted by Gasteiger charge is -2.30. The Labute approximate surface area is 116 Å². The first-order chi connectivity index (χ1) is 8.95. The number of amides is 2. The Morgan fingerprint density at radius 3 is 2.53 bits per heavy atom. The van der Waals surface area contributed by atoms with Gasteiger partial charge in [0.25, 0.3) is 0 Å². The first-order valence-corrected chi connectivity index (χ1v) is 7.55. The second-order valence-electron chi connectivity index (χ2n) is 6.01. The Balaban J connectivity index is 2.68. The Morgan fingerprint density at radius 2 is 1.95 bits per heavy atom. The smallest absolute Gasteiger partial charge is 0.245 e. The highest BCUT2D eigenvalue weighted by Crippen LogP contribution is 2.16. The first-order valence-electron chi connectivity index (χ1n) is 7.55. The van der Waals surface area contributed by atoms with Gasteiger partial charge in [-0.1, -0.05) is 27.2 Å². The van der Waals surface area contributed by atoms with Crippen molar-refractivity contribution in [2.24, 2.45) is 5.92 Å². The highest BCUT2D eigenvalue weighted by molar-refractivity contribution is 5.90. The van der Waals surface area contributed by atoms with Gasteiger partial charge in [0.05, 0.1) is 0 Å². The Bertz CT molecular complexity index is 315. The van der Waals surface area contributed by atoms with Crippen LogP contribution >= 0.6 is 0 Å². The Kier molecular flexibility index (Phi) is 6.32. The van der Waals surface area contributed by atoms with Gasteiger partial charge < -0.3 is 10.2 Å². The van der Waals surface area contributed by atoms with Gasteiger partial charge in [-0.2, -0.15) is 0 Å². The van der Waals surface area contributed by atoms with Gasteiger partial charge in [-0.25, -0.2) is 0 Å². The zero-order valence-electron chi connectivity index (χ0n) is 12.7. The highest BCUT2D eigenvalue weighted by Gasteiger charge is 2.31. The van der Waals surface area contributed by atoms with Crippen LogP contribution in [0.25, 0.3) is 0 Å². The van der Waals surface area contributed by atoms with Crippen molar-refractivity contribution in [1.82, 2.24) is 10.2 Å². The number of hydrogen-bond donors (Lipinski definition) is 1. The third kappa shape index (κ3) is 4.84. The van der Waals surface area contributed by atoms with Crippen molar-refractivity contribution in [2.75, 3.05) is 6.54 Å². The number of nitrogens with one attached hydrogen (secondary N) is 1. The van der Waals surface area contributed by atoms with Gasteiger partial charge >= 0.3 is 0 Å². The van der Waals surface area contributed by atoms with E-state index >= 15 is 0 Å². The highest BCUT2D eigenvalue weighted by atomic mass is 16.2. The lowest BCUT2D eigenvalue weighted by molar-refractivity contribution is -0.135. The summed E-state index contributed by atoms with van der Waals surface area (Å²) in [5.41, 5.74) is 0. The number of carbonyl (C=O) groups excluding carboxylic acids is 2. The van der Waals surface area contributed by atoms with E-state index in [9.17, 15) is 9.59 Å². The van der Waals surface area contributed by atoms with Crippen molar-refractivity contribution in [3.63, 3.8) is 0 Å². The van der Waals surface area contributed by atoms with Crippen LogP contribution in [-0.2, 0) is 9.59 Å². The Morgan fingerprint density at radius 1 is 1.26 bits per heavy atom. The van der Waals surface area contributed by atoms with Crippen molar-refractivity contribution in [3.05, 3.63) is 0 Å². The molecule has 4 nitrogen and oxygen atoms in total. The maximum absolute atomic E-state index is 12.5. The van der Waals surface area contributed by atoms with E-state index in [-0.39, 0.29) is 23.9 Å². The summed E-state index contributed by atoms with van der Waals surface area (Å²) in [6.07, 6.45) is 4.20. The van der Waals surface area contributed by atoms with Crippen molar-refractivity contribution in [3.8, 4) is 0 Å². The van der Waals surface area contributed by atoms with E-state index < -0.39 is 0 Å². The summed E-state index contributed by atoms with van der Waals surface area (Å²) in [6, 6.07) is -0.0940. The maximum atomic E-state index is 12.5. The molecule has 1 N–H and O–H groups in total. The molecular formula is C15H28N2O2. The topological polar surface area (TPSA) is 49.4 Å². The molecule has 1 heterocycles. The zero-order chi connectivity index (χ0) is 14.4. The SMILES string of the molecule is CCCC1NC(=O)CCN(C(C)CCC(C)C)C1=O. The molecule has 0 aromatic carbocycles. The van der Waals surface area contributed by atoms with E-state index in [0.29, 0.717) is 18.9 Å². The predicted octanol–water partition coefficient (Wildman–Crippen LogP) is 2.33. The molecule has 0 aromatic heterocycles. The molecule has 19 heavy (non-hydrogen) atoms. The number of carbonyl (C=O) groups is 2. The van der Waals surface area contributed by atoms with Gasteiger partial charge in [-0.15, -0.1) is 0 Å². The summed E-state index contributed by atoms with van der Waals surface area (Å²) in [5.74, 6) is 0.755. The van der Waals surface area contributed by atoms with Gasteiger partial charge in [0.15, 0.2) is 0 Å². The molecule has 0 spiro atoms. The van der Waals surface area contributed by atoms with Gasteiger partial charge in [0.1, 0.15) is 6.04 Å². The molecule has 110 valence electrons. The van der Waals surface area contributed by atoms with Crippen LogP contribution in [0.3, 0.4) is 0 Å². The average Bonchev–Trinajstić information content (AvgIpc) is 2.48. The van der Waals surface area contributed by atoms with E-state index in [1.165, 1.54) is 0 Å². The molecule has 0 radical (unpaired) electrons. The quantitative estimate of drug-likeness (QED) is 0.803. The lowest BCUT2D eigenvalue weighted by atomic mass is 10.0. The largest absolute Gasteiger partial charge is 0.344 e. The monoisotopic (exact) mass is 268 g/mol. The standard InChI is InChI=1S/C15H28N2O2/c1-5-6-13-15(19)17(10-9-14(18)16-13)12(4)8-7-11(2)3/h11-13H,5-10H2,1-4H3,(H,16,18). The van der Waals surface area contributed by atoms with E-state index in [0.717, 1.165) is 25.7 Å². The zero-order valence-corrected chi connectivity index (χ0v) is 12.7. The van der Waals surface area contributed by atoms with Crippen LogP contribution in [0.1, 0.15) is 59.8 Å². The van der Waals surface area contributed by atoms with Gasteiger partial charge in [-0.05, 0) is 32.1 Å². The normalized spacial score (nSPS) is 22.4. The molecule has 1 saturated heterocycles. The van der Waals surface area contributed by atoms with E-state index in [1.54, 1.807) is 0 Å². The third-order valence-electron chi connectivity index (χ3n) is 3.77. The minimum atomic E-state index is -0.318. The fraction of sp³-hybridized carbons (Fsp3) is 0.867. The van der Waals surface area contributed by atoms with Crippen molar-refractivity contribution in [2.45, 2.75) is 71.9 Å². The summed E-state index contributed by atoms with van der Waals surface area (Å²) >= 11 is 0. The number of nitrogens with zero attached hydrogens (tertiary/aromatic N) is 1. The van der Waals surface area contributed by atoms with Crippen LogP contribution < -0.4 is 5.32 Å². The molecular weight excluding hydrogens is 240 g/mol. The molecule has 0 aromatic rings. The average molecular weight is 268 g/mol. The molecule has 1 aliphatic heterocycles. The van der Waals surface area contributed by atoms with Crippen LogP contribution in [0.2, 0.25) is 0 Å². The fourth-order valence-electron chi connectivity index (χ4n) is 2.51. The van der Waals surface area contributed by atoms with Crippen molar-refractivity contribution >= 4 is 11.8 Å². The lowest BCUT2D eigenvalue weighted by Crippen LogP contribution is -2.47. The first kappa shape index (κ1) is 16.0. The summed E-state index contributed by atoms with van der Waals surface area (Å²) in [7, 11) is 0. The Hall–Kier alpha value is -1.06. The second kappa shape index (κ2) is 7.51. The predicted molar refractivity (Wildman–Crippen MR) is 76.7 cm³/mol. The summed E-state index contributed by atoms with van der Waals surface area (Å²) < 4.78 is 0. The molecule has 0 bridgehead atoms. The van der Waals surface area contributed by atoms with Crippen LogP contribution in [0.15, 0.2) is 0 Å². The van der Waals surface area contributed by atoms with E-state index in [1.807, 2.05) is 11.8 Å². The molecule has 1 fully saturated rings. The molecule has 2 atom stereocenters. The molecule has 2 amide bonds. The van der Waals surface area contributed by atoms with Crippen LogP contribution in [-0.4, -0.2) is 35.3 Å². The minimum Gasteiger partial charge on any atom is -0.344 e. The number of rotatable bonds is 6. The summed E-state index contributed by atoms with van der Waals surface area (Å²) in [6.45, 7) is 9.09. The van der Waals surface area contributed by atoms with Crippen LogP contribution in [0.4, 0.5) is 0 Å². The molecule has 1 rings (SSSR count). The molecule has 0 saturated carbocycles. The van der Waals surface area contributed by atoms with Crippen molar-refractivity contribution < 1.29 is 9.59 Å². The number of hydrogen-bond acceptors (Lipinski definition) is 2. The molecule has 1 aliphatic rings. The summed E-state index contributed by atoms with van der Waals surface area (Å²) in [5, 5.41) is 2.85. The summed E-state index contributed by atoms with van der Waals surface area (Å²) in [4.78, 5) is 26.0.